The van der Waals surface area contributed by atoms with Crippen molar-refractivity contribution in [3.05, 3.63) is 65.5 Å². The first-order valence-electron chi connectivity index (χ1n) is 9.84. The van der Waals surface area contributed by atoms with Crippen molar-refractivity contribution < 1.29 is 9.18 Å². The van der Waals surface area contributed by atoms with Crippen molar-refractivity contribution in [2.45, 2.75) is 40.4 Å². The summed E-state index contributed by atoms with van der Waals surface area (Å²) < 4.78 is 16.8. The third-order valence-electron chi connectivity index (χ3n) is 5.10. The van der Waals surface area contributed by atoms with Gasteiger partial charge < -0.3 is 5.32 Å². The molecule has 154 valence electrons. The van der Waals surface area contributed by atoms with Gasteiger partial charge in [0.15, 0.2) is 5.65 Å². The monoisotopic (exact) mass is 406 g/mol. The van der Waals surface area contributed by atoms with Gasteiger partial charge in [0.05, 0.1) is 11.4 Å². The van der Waals surface area contributed by atoms with Crippen LogP contribution in [0.5, 0.6) is 0 Å². The number of aromatic nitrogens is 5. The van der Waals surface area contributed by atoms with Crippen molar-refractivity contribution in [2.24, 2.45) is 0 Å². The van der Waals surface area contributed by atoms with Crippen LogP contribution in [0.4, 0.5) is 4.39 Å². The standard InChI is InChI=1S/C22H23FN6O/c1-4-28-12-17(14(2)26-28)11-25-20(30)13-29-22-21(15(3)27-29)19(9-10-24-22)16-5-7-18(23)8-6-16/h5-10,12H,4,11,13H2,1-3H3,(H,25,30). The van der Waals surface area contributed by atoms with Gasteiger partial charge in [-0.1, -0.05) is 12.1 Å². The van der Waals surface area contributed by atoms with Crippen LogP contribution in [0, 0.1) is 19.7 Å². The van der Waals surface area contributed by atoms with Crippen molar-refractivity contribution in [1.82, 2.24) is 29.9 Å². The Balaban J connectivity index is 1.56. The number of rotatable bonds is 6. The number of hydrogen-bond donors (Lipinski definition) is 1. The molecular formula is C22H23FN6O. The first-order valence-corrected chi connectivity index (χ1v) is 9.84. The van der Waals surface area contributed by atoms with E-state index in [1.54, 1.807) is 23.0 Å². The molecule has 4 rings (SSSR count). The fourth-order valence-electron chi connectivity index (χ4n) is 3.54. The van der Waals surface area contributed by atoms with Crippen LogP contribution in [-0.2, 0) is 24.4 Å². The Kier molecular flexibility index (Phi) is 5.31. The SMILES string of the molecule is CCn1cc(CNC(=O)Cn2nc(C)c3c(-c4ccc(F)cc4)ccnc32)c(C)n1. The third kappa shape index (κ3) is 3.80. The maximum atomic E-state index is 13.3. The number of nitrogens with one attached hydrogen (secondary N) is 1. The van der Waals surface area contributed by atoms with Crippen LogP contribution in [0.15, 0.2) is 42.7 Å². The van der Waals surface area contributed by atoms with Gasteiger partial charge in [-0.3, -0.25) is 9.48 Å². The number of hydrogen-bond acceptors (Lipinski definition) is 4. The van der Waals surface area contributed by atoms with E-state index in [9.17, 15) is 9.18 Å². The minimum atomic E-state index is -0.284. The van der Waals surface area contributed by atoms with Crippen molar-refractivity contribution in [3.8, 4) is 11.1 Å². The molecule has 0 bridgehead atoms. The molecule has 0 spiro atoms. The van der Waals surface area contributed by atoms with Gasteiger partial charge in [0.25, 0.3) is 0 Å². The van der Waals surface area contributed by atoms with Crippen LogP contribution >= 0.6 is 0 Å². The summed E-state index contributed by atoms with van der Waals surface area (Å²) in [7, 11) is 0. The van der Waals surface area contributed by atoms with Crippen molar-refractivity contribution in [3.63, 3.8) is 0 Å². The maximum Gasteiger partial charge on any atom is 0.242 e. The van der Waals surface area contributed by atoms with Crippen LogP contribution in [0.1, 0.15) is 23.9 Å². The predicted octanol–water partition coefficient (Wildman–Crippen LogP) is 3.39. The van der Waals surface area contributed by atoms with Gasteiger partial charge in [-0.2, -0.15) is 10.2 Å². The summed E-state index contributed by atoms with van der Waals surface area (Å²) in [6.45, 7) is 7.09. The minimum absolute atomic E-state index is 0.0607. The van der Waals surface area contributed by atoms with Gasteiger partial charge in [-0.15, -0.1) is 0 Å². The number of benzene rings is 1. The van der Waals surface area contributed by atoms with E-state index in [1.807, 2.05) is 37.7 Å². The molecule has 0 fully saturated rings. The zero-order valence-electron chi connectivity index (χ0n) is 17.2. The van der Waals surface area contributed by atoms with E-state index in [4.69, 9.17) is 0 Å². The molecule has 0 aliphatic carbocycles. The van der Waals surface area contributed by atoms with Gasteiger partial charge in [-0.05, 0) is 50.1 Å². The summed E-state index contributed by atoms with van der Waals surface area (Å²) in [6.07, 6.45) is 3.62. The number of carbonyl (C=O) groups excluding carboxylic acids is 1. The topological polar surface area (TPSA) is 77.6 Å². The Morgan fingerprint density at radius 2 is 1.87 bits per heavy atom. The Hall–Kier alpha value is -3.55. The Morgan fingerprint density at radius 3 is 2.57 bits per heavy atom. The summed E-state index contributed by atoms with van der Waals surface area (Å²) >= 11 is 0. The predicted molar refractivity (Wildman–Crippen MR) is 112 cm³/mol. The van der Waals surface area contributed by atoms with E-state index in [2.05, 4.69) is 20.5 Å². The molecule has 0 saturated carbocycles. The van der Waals surface area contributed by atoms with Gasteiger partial charge in [0, 0.05) is 36.4 Å². The number of amides is 1. The summed E-state index contributed by atoms with van der Waals surface area (Å²) in [5, 5.41) is 12.7. The second kappa shape index (κ2) is 8.06. The normalized spacial score (nSPS) is 11.2. The number of nitrogens with zero attached hydrogens (tertiary/aromatic N) is 5. The third-order valence-corrected chi connectivity index (χ3v) is 5.10. The number of fused-ring (bicyclic) bond motifs is 1. The Labute approximate surface area is 173 Å². The molecule has 4 aromatic rings. The van der Waals surface area contributed by atoms with E-state index in [1.165, 1.54) is 12.1 Å². The van der Waals surface area contributed by atoms with Gasteiger partial charge in [0.1, 0.15) is 12.4 Å². The lowest BCUT2D eigenvalue weighted by molar-refractivity contribution is -0.121. The van der Waals surface area contributed by atoms with E-state index in [-0.39, 0.29) is 18.3 Å². The highest BCUT2D eigenvalue weighted by Gasteiger charge is 2.16. The molecule has 7 nitrogen and oxygen atoms in total. The molecule has 8 heteroatoms. The Morgan fingerprint density at radius 1 is 1.10 bits per heavy atom. The van der Waals surface area contributed by atoms with Gasteiger partial charge >= 0.3 is 0 Å². The van der Waals surface area contributed by atoms with E-state index in [0.29, 0.717) is 12.2 Å². The summed E-state index contributed by atoms with van der Waals surface area (Å²) in [5.41, 5.74) is 5.07. The fraction of sp³-hybridized carbons (Fsp3) is 0.273. The van der Waals surface area contributed by atoms with Crippen LogP contribution < -0.4 is 5.32 Å². The number of carbonyl (C=O) groups is 1. The average molecular weight is 406 g/mol. The largest absolute Gasteiger partial charge is 0.350 e. The minimum Gasteiger partial charge on any atom is -0.350 e. The van der Waals surface area contributed by atoms with Gasteiger partial charge in [0.2, 0.25) is 5.91 Å². The molecule has 3 heterocycles. The van der Waals surface area contributed by atoms with Crippen LogP contribution in [0.3, 0.4) is 0 Å². The maximum absolute atomic E-state index is 13.3. The lowest BCUT2D eigenvalue weighted by atomic mass is 10.0. The molecule has 0 saturated heterocycles. The van der Waals surface area contributed by atoms with E-state index >= 15 is 0 Å². The highest BCUT2D eigenvalue weighted by Crippen LogP contribution is 2.29. The molecule has 30 heavy (non-hydrogen) atoms. The zero-order valence-corrected chi connectivity index (χ0v) is 17.2. The van der Waals surface area contributed by atoms with E-state index < -0.39 is 0 Å². The fourth-order valence-corrected chi connectivity index (χ4v) is 3.54. The molecule has 0 unspecified atom stereocenters. The van der Waals surface area contributed by atoms with Crippen molar-refractivity contribution >= 4 is 16.9 Å². The molecular weight excluding hydrogens is 383 g/mol. The number of halogens is 1. The molecule has 0 aliphatic heterocycles. The summed E-state index contributed by atoms with van der Waals surface area (Å²) in [5.74, 6) is -0.440. The Bertz CT molecular complexity index is 1210. The highest BCUT2D eigenvalue weighted by atomic mass is 19.1. The smallest absolute Gasteiger partial charge is 0.242 e. The number of aryl methyl sites for hydroxylation is 3. The van der Waals surface area contributed by atoms with Crippen LogP contribution in [0.2, 0.25) is 0 Å². The molecule has 0 radical (unpaired) electrons. The van der Waals surface area contributed by atoms with Crippen LogP contribution in [-0.4, -0.2) is 30.5 Å². The molecule has 1 amide bonds. The molecule has 1 aromatic carbocycles. The van der Waals surface area contributed by atoms with Gasteiger partial charge in [-0.25, -0.2) is 14.1 Å². The average Bonchev–Trinajstić information content (AvgIpc) is 3.26. The lowest BCUT2D eigenvalue weighted by Gasteiger charge is -2.07. The second-order valence-electron chi connectivity index (χ2n) is 7.18. The van der Waals surface area contributed by atoms with Crippen molar-refractivity contribution in [1.29, 1.82) is 0 Å². The molecule has 3 aromatic heterocycles. The first kappa shape index (κ1) is 19.8. The summed E-state index contributed by atoms with van der Waals surface area (Å²) in [6, 6.07) is 8.19. The second-order valence-corrected chi connectivity index (χ2v) is 7.18. The lowest BCUT2D eigenvalue weighted by Crippen LogP contribution is -2.27. The van der Waals surface area contributed by atoms with E-state index in [0.717, 1.165) is 40.0 Å². The first-order chi connectivity index (χ1) is 14.5. The quantitative estimate of drug-likeness (QED) is 0.532. The molecule has 1 N–H and O–H groups in total. The molecule has 0 aliphatic rings. The van der Waals surface area contributed by atoms with Crippen molar-refractivity contribution in [2.75, 3.05) is 0 Å². The summed E-state index contributed by atoms with van der Waals surface area (Å²) in [4.78, 5) is 17.0. The highest BCUT2D eigenvalue weighted by molar-refractivity contribution is 5.95. The zero-order chi connectivity index (χ0) is 21.3. The molecule has 0 atom stereocenters. The van der Waals surface area contributed by atoms with Crippen LogP contribution in [0.25, 0.3) is 22.2 Å². The number of pyridine rings is 1.